The van der Waals surface area contributed by atoms with E-state index in [-0.39, 0.29) is 24.8 Å². The zero-order chi connectivity index (χ0) is 19.7. The predicted octanol–water partition coefficient (Wildman–Crippen LogP) is 2.38. The zero-order valence-corrected chi connectivity index (χ0v) is 15.7. The van der Waals surface area contributed by atoms with Crippen molar-refractivity contribution in [1.29, 1.82) is 0 Å². The highest BCUT2D eigenvalue weighted by Gasteiger charge is 2.35. The van der Waals surface area contributed by atoms with Gasteiger partial charge in [-0.1, -0.05) is 36.4 Å². The van der Waals surface area contributed by atoms with Crippen LogP contribution in [0.1, 0.15) is 18.1 Å². The molecule has 6 nitrogen and oxygen atoms in total. The van der Waals surface area contributed by atoms with Gasteiger partial charge in [0, 0.05) is 54.9 Å². The van der Waals surface area contributed by atoms with Crippen molar-refractivity contribution >= 4 is 28.4 Å². The first-order valence-corrected chi connectivity index (χ1v) is 9.39. The van der Waals surface area contributed by atoms with E-state index < -0.39 is 12.0 Å². The Labute approximate surface area is 163 Å². The molecule has 1 fully saturated rings. The summed E-state index contributed by atoms with van der Waals surface area (Å²) in [6.07, 6.45) is 1.26. The minimum Gasteiger partial charge on any atom is -0.386 e. The van der Waals surface area contributed by atoms with Crippen molar-refractivity contribution in [1.82, 2.24) is 9.88 Å². The smallest absolute Gasteiger partial charge is 0.227 e. The van der Waals surface area contributed by atoms with Gasteiger partial charge in [-0.2, -0.15) is 0 Å². The highest BCUT2D eigenvalue weighted by molar-refractivity contribution is 6.00. The minimum absolute atomic E-state index is 0.0547. The summed E-state index contributed by atoms with van der Waals surface area (Å²) in [7, 11) is 1.93. The number of carbonyl (C=O) groups is 2. The number of hydrogen-bond acceptors (Lipinski definition) is 3. The molecule has 0 radical (unpaired) electrons. The number of benzene rings is 2. The van der Waals surface area contributed by atoms with Gasteiger partial charge in [-0.25, -0.2) is 0 Å². The maximum absolute atomic E-state index is 12.6. The quantitative estimate of drug-likeness (QED) is 0.717. The van der Waals surface area contributed by atoms with E-state index in [0.717, 1.165) is 22.2 Å². The van der Waals surface area contributed by atoms with Gasteiger partial charge in [0.05, 0.1) is 12.0 Å². The van der Waals surface area contributed by atoms with Crippen LogP contribution in [0.5, 0.6) is 0 Å². The number of fused-ring (bicyclic) bond motifs is 1. The Morgan fingerprint density at radius 3 is 2.68 bits per heavy atom. The molecule has 0 aliphatic carbocycles. The molecule has 2 heterocycles. The summed E-state index contributed by atoms with van der Waals surface area (Å²) in [4.78, 5) is 26.5. The molecular weight excluding hydrogens is 354 g/mol. The number of rotatable bonds is 5. The average Bonchev–Trinajstić information content (AvgIpc) is 3.27. The summed E-state index contributed by atoms with van der Waals surface area (Å²) in [6.45, 7) is 0.474. The van der Waals surface area contributed by atoms with Crippen molar-refractivity contribution in [2.24, 2.45) is 13.0 Å². The van der Waals surface area contributed by atoms with Gasteiger partial charge in [-0.3, -0.25) is 9.59 Å². The van der Waals surface area contributed by atoms with Crippen molar-refractivity contribution < 1.29 is 14.7 Å². The Morgan fingerprint density at radius 2 is 1.89 bits per heavy atom. The molecule has 2 amide bonds. The topological polar surface area (TPSA) is 74.6 Å². The molecule has 28 heavy (non-hydrogen) atoms. The lowest BCUT2D eigenvalue weighted by molar-refractivity contribution is -0.126. The number of hydrogen-bond donors (Lipinski definition) is 2. The van der Waals surface area contributed by atoms with Crippen molar-refractivity contribution in [2.45, 2.75) is 12.5 Å². The van der Waals surface area contributed by atoms with Crippen LogP contribution in [0, 0.1) is 5.92 Å². The highest BCUT2D eigenvalue weighted by atomic mass is 16.3. The van der Waals surface area contributed by atoms with Gasteiger partial charge in [0.2, 0.25) is 11.8 Å². The van der Waals surface area contributed by atoms with Crippen LogP contribution < -0.4 is 10.2 Å². The second-order valence-electron chi connectivity index (χ2n) is 7.21. The SMILES string of the molecule is Cn1cc(C(O)CNC(=O)C2CC(=O)N(c3ccccc3)C2)c2ccccc21. The van der Waals surface area contributed by atoms with Crippen molar-refractivity contribution in [2.75, 3.05) is 18.0 Å². The summed E-state index contributed by atoms with van der Waals surface area (Å²) < 4.78 is 1.96. The molecule has 0 spiro atoms. The van der Waals surface area contributed by atoms with Crippen LogP contribution in [-0.4, -0.2) is 34.6 Å². The Hall–Kier alpha value is -3.12. The van der Waals surface area contributed by atoms with E-state index in [4.69, 9.17) is 0 Å². The summed E-state index contributed by atoms with van der Waals surface area (Å²) in [5, 5.41) is 14.4. The third-order valence-electron chi connectivity index (χ3n) is 5.32. The van der Waals surface area contributed by atoms with Crippen molar-refractivity contribution in [3.8, 4) is 0 Å². The van der Waals surface area contributed by atoms with E-state index in [9.17, 15) is 14.7 Å². The molecule has 144 valence electrons. The monoisotopic (exact) mass is 377 g/mol. The van der Waals surface area contributed by atoms with Crippen LogP contribution >= 0.6 is 0 Å². The highest BCUT2D eigenvalue weighted by Crippen LogP contribution is 2.27. The predicted molar refractivity (Wildman–Crippen MR) is 108 cm³/mol. The fourth-order valence-electron chi connectivity index (χ4n) is 3.83. The van der Waals surface area contributed by atoms with Crippen LogP contribution in [0.15, 0.2) is 60.8 Å². The third-order valence-corrected chi connectivity index (χ3v) is 5.32. The number of nitrogens with one attached hydrogen (secondary N) is 1. The average molecular weight is 377 g/mol. The molecule has 2 N–H and O–H groups in total. The van der Waals surface area contributed by atoms with E-state index in [1.54, 1.807) is 4.90 Å². The normalized spacial score (nSPS) is 17.9. The van der Waals surface area contributed by atoms with Crippen LogP contribution in [-0.2, 0) is 16.6 Å². The fourth-order valence-corrected chi connectivity index (χ4v) is 3.83. The maximum Gasteiger partial charge on any atom is 0.227 e. The first-order valence-electron chi connectivity index (χ1n) is 9.39. The summed E-state index contributed by atoms with van der Waals surface area (Å²) >= 11 is 0. The number of amides is 2. The Bertz CT molecular complexity index is 1010. The van der Waals surface area contributed by atoms with Crippen molar-refractivity contribution in [3.63, 3.8) is 0 Å². The van der Waals surface area contributed by atoms with Crippen LogP contribution in [0.3, 0.4) is 0 Å². The number of aliphatic hydroxyl groups is 1. The lowest BCUT2D eigenvalue weighted by Gasteiger charge is -2.17. The first kappa shape index (κ1) is 18.3. The Morgan fingerprint density at radius 1 is 1.18 bits per heavy atom. The van der Waals surface area contributed by atoms with Gasteiger partial charge in [0.25, 0.3) is 0 Å². The molecule has 4 rings (SSSR count). The molecule has 3 aromatic rings. The summed E-state index contributed by atoms with van der Waals surface area (Å²) in [5.74, 6) is -0.667. The fraction of sp³-hybridized carbons (Fsp3) is 0.273. The number of anilines is 1. The maximum atomic E-state index is 12.6. The third kappa shape index (κ3) is 3.39. The van der Waals surface area contributed by atoms with E-state index in [1.807, 2.05) is 72.4 Å². The van der Waals surface area contributed by atoms with Crippen LogP contribution in [0.4, 0.5) is 5.69 Å². The van der Waals surface area contributed by atoms with Gasteiger partial charge in [0.15, 0.2) is 0 Å². The summed E-state index contributed by atoms with van der Waals surface area (Å²) in [6, 6.07) is 17.2. The second kappa shape index (κ2) is 7.48. The van der Waals surface area contributed by atoms with E-state index in [0.29, 0.717) is 6.54 Å². The van der Waals surface area contributed by atoms with E-state index in [1.165, 1.54) is 0 Å². The van der Waals surface area contributed by atoms with Crippen LogP contribution in [0.25, 0.3) is 10.9 Å². The zero-order valence-electron chi connectivity index (χ0n) is 15.7. The molecule has 2 aromatic carbocycles. The lowest BCUT2D eigenvalue weighted by atomic mass is 10.1. The van der Waals surface area contributed by atoms with Gasteiger partial charge in [-0.15, -0.1) is 0 Å². The first-order chi connectivity index (χ1) is 13.5. The van der Waals surface area contributed by atoms with Gasteiger partial charge in [-0.05, 0) is 18.2 Å². The molecule has 0 saturated carbocycles. The molecule has 2 unspecified atom stereocenters. The number of aliphatic hydroxyl groups excluding tert-OH is 1. The molecule has 1 aliphatic heterocycles. The van der Waals surface area contributed by atoms with Gasteiger partial charge < -0.3 is 19.9 Å². The van der Waals surface area contributed by atoms with E-state index in [2.05, 4.69) is 5.32 Å². The number of nitrogens with zero attached hydrogens (tertiary/aromatic N) is 2. The standard InChI is InChI=1S/C22H23N3O3/c1-24-14-18(17-9-5-6-10-19(17)24)20(26)12-23-22(28)15-11-21(27)25(13-15)16-7-3-2-4-8-16/h2-10,14-15,20,26H,11-13H2,1H3,(H,23,28). The lowest BCUT2D eigenvalue weighted by Crippen LogP contribution is -2.35. The molecule has 1 aliphatic rings. The summed E-state index contributed by atoms with van der Waals surface area (Å²) in [5.41, 5.74) is 2.62. The molecule has 6 heteroatoms. The van der Waals surface area contributed by atoms with Crippen LogP contribution in [0.2, 0.25) is 0 Å². The van der Waals surface area contributed by atoms with Crippen molar-refractivity contribution in [3.05, 3.63) is 66.4 Å². The molecule has 1 saturated heterocycles. The van der Waals surface area contributed by atoms with Gasteiger partial charge >= 0.3 is 0 Å². The molecular formula is C22H23N3O3. The van der Waals surface area contributed by atoms with Gasteiger partial charge in [0.1, 0.15) is 0 Å². The number of aromatic nitrogens is 1. The molecule has 2 atom stereocenters. The Kier molecular flexibility index (Phi) is 4.88. The Balaban J connectivity index is 1.40. The second-order valence-corrected chi connectivity index (χ2v) is 7.21. The minimum atomic E-state index is -0.808. The van der Waals surface area contributed by atoms with E-state index >= 15 is 0 Å². The number of aryl methyl sites for hydroxylation is 1. The number of carbonyl (C=O) groups excluding carboxylic acids is 2. The molecule has 1 aromatic heterocycles. The number of para-hydroxylation sites is 2. The largest absolute Gasteiger partial charge is 0.386 e. The molecule has 0 bridgehead atoms.